The second-order valence-electron chi connectivity index (χ2n) is 6.50. The van der Waals surface area contributed by atoms with Crippen molar-refractivity contribution in [2.24, 2.45) is 0 Å². The molecule has 1 aliphatic rings. The summed E-state index contributed by atoms with van der Waals surface area (Å²) in [4.78, 5) is 12.4. The van der Waals surface area contributed by atoms with Crippen molar-refractivity contribution in [1.82, 2.24) is 0 Å². The summed E-state index contributed by atoms with van der Waals surface area (Å²) in [7, 11) is 0. The van der Waals surface area contributed by atoms with Gasteiger partial charge in [0.2, 0.25) is 5.91 Å². The number of hydrogen-bond donors (Lipinski definition) is 2. The van der Waals surface area contributed by atoms with Crippen LogP contribution in [0.25, 0.3) is 0 Å². The van der Waals surface area contributed by atoms with E-state index in [2.05, 4.69) is 10.6 Å². The molecule has 144 valence electrons. The van der Waals surface area contributed by atoms with Gasteiger partial charge in [-0.1, -0.05) is 0 Å². The Morgan fingerprint density at radius 3 is 2.81 bits per heavy atom. The molecule has 1 aliphatic heterocycles. The normalized spacial score (nSPS) is 16.3. The van der Waals surface area contributed by atoms with E-state index < -0.39 is 23.6 Å². The van der Waals surface area contributed by atoms with Gasteiger partial charge < -0.3 is 20.1 Å². The fourth-order valence-corrected chi connectivity index (χ4v) is 2.96. The minimum absolute atomic E-state index is 0.0846. The van der Waals surface area contributed by atoms with Crippen LogP contribution in [0.15, 0.2) is 30.3 Å². The summed E-state index contributed by atoms with van der Waals surface area (Å²) in [6.45, 7) is 5.95. The zero-order valence-electron chi connectivity index (χ0n) is 15.4. The third kappa shape index (κ3) is 4.30. The first kappa shape index (κ1) is 18.9. The first-order valence-corrected chi connectivity index (χ1v) is 8.86. The van der Waals surface area contributed by atoms with Gasteiger partial charge in [0.1, 0.15) is 35.3 Å². The number of hydrogen-bond acceptors (Lipinski definition) is 4. The highest BCUT2D eigenvalue weighted by Gasteiger charge is 2.23. The van der Waals surface area contributed by atoms with Crippen LogP contribution in [0.5, 0.6) is 11.5 Å². The summed E-state index contributed by atoms with van der Waals surface area (Å²) >= 11 is 0. The quantitative estimate of drug-likeness (QED) is 0.796. The van der Waals surface area contributed by atoms with Crippen LogP contribution in [-0.2, 0) is 11.2 Å². The lowest BCUT2D eigenvalue weighted by molar-refractivity contribution is -0.116. The van der Waals surface area contributed by atoms with Crippen LogP contribution in [-0.4, -0.2) is 24.7 Å². The topological polar surface area (TPSA) is 59.6 Å². The molecule has 1 heterocycles. The van der Waals surface area contributed by atoms with E-state index in [9.17, 15) is 13.6 Å². The van der Waals surface area contributed by atoms with E-state index >= 15 is 0 Å². The molecule has 7 heteroatoms. The minimum Gasteiger partial charge on any atom is -0.492 e. The molecule has 2 atom stereocenters. The molecule has 0 spiro atoms. The summed E-state index contributed by atoms with van der Waals surface area (Å²) < 4.78 is 38.4. The molecule has 2 N–H and O–H groups in total. The number of ether oxygens (including phenoxy) is 2. The molecule has 5 nitrogen and oxygen atoms in total. The van der Waals surface area contributed by atoms with Gasteiger partial charge in [0.15, 0.2) is 0 Å². The average molecular weight is 376 g/mol. The second-order valence-corrected chi connectivity index (χ2v) is 6.50. The van der Waals surface area contributed by atoms with Crippen LogP contribution >= 0.6 is 0 Å². The predicted octanol–water partition coefficient (Wildman–Crippen LogP) is 4.13. The van der Waals surface area contributed by atoms with Crippen LogP contribution in [0.3, 0.4) is 0 Å². The molecule has 0 fully saturated rings. The highest BCUT2D eigenvalue weighted by Crippen LogP contribution is 2.38. The van der Waals surface area contributed by atoms with Crippen LogP contribution in [0.2, 0.25) is 0 Å². The smallest absolute Gasteiger partial charge is 0.246 e. The number of carbonyl (C=O) groups excluding carboxylic acids is 1. The van der Waals surface area contributed by atoms with E-state index in [-0.39, 0.29) is 11.8 Å². The summed E-state index contributed by atoms with van der Waals surface area (Å²) in [6.07, 6.45) is 0.881. The van der Waals surface area contributed by atoms with Gasteiger partial charge in [0.05, 0.1) is 18.0 Å². The van der Waals surface area contributed by atoms with E-state index in [4.69, 9.17) is 9.47 Å². The number of fused-ring (bicyclic) bond motifs is 1. The lowest BCUT2D eigenvalue weighted by Gasteiger charge is -2.19. The van der Waals surface area contributed by atoms with Crippen molar-refractivity contribution >= 4 is 17.3 Å². The molecule has 0 bridgehead atoms. The Hall–Kier alpha value is -2.83. The van der Waals surface area contributed by atoms with Gasteiger partial charge in [0.25, 0.3) is 0 Å². The van der Waals surface area contributed by atoms with Crippen molar-refractivity contribution in [2.75, 3.05) is 17.2 Å². The average Bonchev–Trinajstić information content (AvgIpc) is 2.97. The minimum atomic E-state index is -0.719. The van der Waals surface area contributed by atoms with E-state index in [1.165, 1.54) is 0 Å². The monoisotopic (exact) mass is 376 g/mol. The van der Waals surface area contributed by atoms with Crippen molar-refractivity contribution in [3.8, 4) is 11.5 Å². The van der Waals surface area contributed by atoms with Crippen LogP contribution in [0.4, 0.5) is 20.2 Å². The summed E-state index contributed by atoms with van der Waals surface area (Å²) in [6, 6.07) is 5.89. The lowest BCUT2D eigenvalue weighted by Crippen LogP contribution is -2.32. The zero-order chi connectivity index (χ0) is 19.6. The highest BCUT2D eigenvalue weighted by molar-refractivity contribution is 5.96. The second kappa shape index (κ2) is 7.82. The van der Waals surface area contributed by atoms with Crippen molar-refractivity contribution < 1.29 is 23.0 Å². The molecule has 2 aromatic carbocycles. The first-order chi connectivity index (χ1) is 12.9. The maximum Gasteiger partial charge on any atom is 0.246 e. The van der Waals surface area contributed by atoms with E-state index in [1.54, 1.807) is 13.0 Å². The standard InChI is InChI=1S/C20H22F2N2O3/c1-4-26-19-8-13-7-11(2)27-18(13)10-17(19)23-12(3)20(25)24-16-9-14(21)5-6-15(16)22/h5-6,8-12,23H,4,7H2,1-3H3,(H,24,25)/t11-,12+/m0/s1. The fourth-order valence-electron chi connectivity index (χ4n) is 2.96. The number of anilines is 2. The molecule has 0 saturated carbocycles. The number of halogens is 2. The summed E-state index contributed by atoms with van der Waals surface area (Å²) in [5.74, 6) is -0.470. The molecular formula is C20H22F2N2O3. The zero-order valence-corrected chi connectivity index (χ0v) is 15.4. The van der Waals surface area contributed by atoms with E-state index in [0.717, 1.165) is 35.9 Å². The van der Waals surface area contributed by atoms with Crippen molar-refractivity contribution in [3.05, 3.63) is 47.5 Å². The number of benzene rings is 2. The molecule has 0 saturated heterocycles. The summed E-state index contributed by atoms with van der Waals surface area (Å²) in [5.41, 5.74) is 1.45. The van der Waals surface area contributed by atoms with Gasteiger partial charge in [-0.3, -0.25) is 4.79 Å². The van der Waals surface area contributed by atoms with Gasteiger partial charge >= 0.3 is 0 Å². The van der Waals surface area contributed by atoms with Gasteiger partial charge in [-0.25, -0.2) is 8.78 Å². The van der Waals surface area contributed by atoms with Gasteiger partial charge in [-0.15, -0.1) is 0 Å². The SMILES string of the molecule is CCOc1cc2c(cc1N[C@H](C)C(=O)Nc1cc(F)ccc1F)O[C@@H](C)C2. The van der Waals surface area contributed by atoms with Gasteiger partial charge in [-0.2, -0.15) is 0 Å². The van der Waals surface area contributed by atoms with Crippen LogP contribution in [0, 0.1) is 11.6 Å². The molecule has 0 radical (unpaired) electrons. The number of nitrogens with one attached hydrogen (secondary N) is 2. The summed E-state index contributed by atoms with van der Waals surface area (Å²) in [5, 5.41) is 5.45. The largest absolute Gasteiger partial charge is 0.492 e. The molecule has 0 unspecified atom stereocenters. The molecule has 1 amide bonds. The van der Waals surface area contributed by atoms with Crippen molar-refractivity contribution in [3.63, 3.8) is 0 Å². The third-order valence-corrected chi connectivity index (χ3v) is 4.25. The Labute approximate surface area is 156 Å². The predicted molar refractivity (Wildman–Crippen MR) is 99.5 cm³/mol. The lowest BCUT2D eigenvalue weighted by atomic mass is 10.1. The van der Waals surface area contributed by atoms with Gasteiger partial charge in [-0.05, 0) is 39.0 Å². The number of rotatable bonds is 6. The maximum atomic E-state index is 13.7. The van der Waals surface area contributed by atoms with Crippen molar-refractivity contribution in [1.29, 1.82) is 0 Å². The molecule has 3 rings (SSSR count). The molecule has 27 heavy (non-hydrogen) atoms. The molecule has 2 aromatic rings. The highest BCUT2D eigenvalue weighted by atomic mass is 19.1. The number of amides is 1. The Kier molecular flexibility index (Phi) is 5.48. The third-order valence-electron chi connectivity index (χ3n) is 4.25. The molecule has 0 aliphatic carbocycles. The Bertz CT molecular complexity index is 857. The Morgan fingerprint density at radius 2 is 2.07 bits per heavy atom. The van der Waals surface area contributed by atoms with Crippen molar-refractivity contribution in [2.45, 2.75) is 39.3 Å². The number of carbonyl (C=O) groups is 1. The molecule has 0 aromatic heterocycles. The Balaban J connectivity index is 1.76. The van der Waals surface area contributed by atoms with Crippen LogP contribution in [0.1, 0.15) is 26.3 Å². The fraction of sp³-hybridized carbons (Fsp3) is 0.350. The first-order valence-electron chi connectivity index (χ1n) is 8.86. The van der Waals surface area contributed by atoms with Gasteiger partial charge in [0, 0.05) is 24.1 Å². The Morgan fingerprint density at radius 1 is 1.30 bits per heavy atom. The van der Waals surface area contributed by atoms with E-state index in [1.807, 2.05) is 19.9 Å². The van der Waals surface area contributed by atoms with E-state index in [0.29, 0.717) is 18.0 Å². The van der Waals surface area contributed by atoms with Crippen LogP contribution < -0.4 is 20.1 Å². The molecular weight excluding hydrogens is 354 g/mol. The maximum absolute atomic E-state index is 13.7.